The minimum absolute atomic E-state index is 0.0623. The number of carboxylic acid groups (broad SMARTS) is 2. The van der Waals surface area contributed by atoms with Crippen LogP contribution in [0.1, 0.15) is 15.9 Å². The van der Waals surface area contributed by atoms with Crippen LogP contribution in [0.2, 0.25) is 0 Å². The second-order valence-electron chi connectivity index (χ2n) is 5.44. The lowest BCUT2D eigenvalue weighted by molar-refractivity contribution is -0.192. The van der Waals surface area contributed by atoms with Gasteiger partial charge in [0.2, 0.25) is 5.95 Å². The molecule has 0 bridgehead atoms. The van der Waals surface area contributed by atoms with Gasteiger partial charge in [-0.05, 0) is 42.3 Å². The largest absolute Gasteiger partial charge is 0.490 e. The minimum Gasteiger partial charge on any atom is -0.478 e. The van der Waals surface area contributed by atoms with Crippen molar-refractivity contribution in [2.24, 2.45) is 0 Å². The molecule has 0 spiro atoms. The van der Waals surface area contributed by atoms with E-state index in [2.05, 4.69) is 10.1 Å². The van der Waals surface area contributed by atoms with Gasteiger partial charge in [-0.1, -0.05) is 0 Å². The first-order valence-electron chi connectivity index (χ1n) is 7.36. The number of fused-ring (bicyclic) bond motifs is 1. The second-order valence-corrected chi connectivity index (χ2v) is 5.44. The Morgan fingerprint density at radius 3 is 2.32 bits per heavy atom. The normalized spacial score (nSPS) is 11.0. The molecule has 148 valence electrons. The Bertz CT molecular complexity index is 1060. The van der Waals surface area contributed by atoms with Crippen molar-refractivity contribution in [3.63, 3.8) is 0 Å². The first kappa shape index (κ1) is 20.6. The van der Waals surface area contributed by atoms with E-state index >= 15 is 0 Å². The molecule has 2 heterocycles. The van der Waals surface area contributed by atoms with E-state index in [-0.39, 0.29) is 17.1 Å². The molecule has 3 rings (SSSR count). The summed E-state index contributed by atoms with van der Waals surface area (Å²) in [4.78, 5) is 24.1. The molecular weight excluding hydrogens is 388 g/mol. The van der Waals surface area contributed by atoms with Gasteiger partial charge in [0, 0.05) is 11.8 Å². The lowest BCUT2D eigenvalue weighted by Crippen LogP contribution is -2.21. The van der Waals surface area contributed by atoms with E-state index < -0.39 is 23.9 Å². The molecule has 0 aliphatic heterocycles. The van der Waals surface area contributed by atoms with Crippen molar-refractivity contribution in [1.82, 2.24) is 14.6 Å². The van der Waals surface area contributed by atoms with E-state index in [1.807, 2.05) is 0 Å². The molecule has 8 nitrogen and oxygen atoms in total. The average molecular weight is 400 g/mol. The van der Waals surface area contributed by atoms with E-state index in [0.717, 1.165) is 0 Å². The van der Waals surface area contributed by atoms with Gasteiger partial charge in [-0.15, -0.1) is 5.10 Å². The fraction of sp³-hybridized carbons (Fsp3) is 0.125. The molecule has 3 aromatic rings. The summed E-state index contributed by atoms with van der Waals surface area (Å²) in [6.45, 7) is 1.55. The Kier molecular flexibility index (Phi) is 5.52. The third-order valence-electron chi connectivity index (χ3n) is 3.45. The van der Waals surface area contributed by atoms with Crippen LogP contribution < -0.4 is 5.73 Å². The zero-order chi connectivity index (χ0) is 21.2. The Balaban J connectivity index is 0.000000345. The number of carboxylic acids is 2. The number of aryl methyl sites for hydroxylation is 1. The number of aromatic carboxylic acids is 1. The highest BCUT2D eigenvalue weighted by Crippen LogP contribution is 2.27. The number of nitrogens with zero attached hydrogens (tertiary/aromatic N) is 3. The monoisotopic (exact) mass is 400 g/mol. The zero-order valence-electron chi connectivity index (χ0n) is 14.0. The quantitative estimate of drug-likeness (QED) is 0.564. The first-order valence-corrected chi connectivity index (χ1v) is 7.36. The first-order chi connectivity index (χ1) is 12.9. The van der Waals surface area contributed by atoms with E-state index in [1.165, 1.54) is 16.6 Å². The standard InChI is InChI=1S/C14H11FN4O2.C2HF3O2/c1-7-4-11(15)10(6-9(7)13(20)21)8-2-3-19-12(5-8)17-14(16)18-19;3-2(4,5)1(6)7/h2-6H,1H3,(H2,16,18)(H,20,21);(H,6,7). The van der Waals surface area contributed by atoms with Gasteiger partial charge in [0.25, 0.3) is 0 Å². The number of alkyl halides is 3. The van der Waals surface area contributed by atoms with Crippen LogP contribution in [0, 0.1) is 12.7 Å². The highest BCUT2D eigenvalue weighted by Gasteiger charge is 2.38. The number of hydrogen-bond donors (Lipinski definition) is 3. The Morgan fingerprint density at radius 1 is 1.18 bits per heavy atom. The molecule has 0 atom stereocenters. The third-order valence-corrected chi connectivity index (χ3v) is 3.45. The number of anilines is 1. The molecule has 4 N–H and O–H groups in total. The van der Waals surface area contributed by atoms with Crippen LogP contribution in [-0.2, 0) is 4.79 Å². The topological polar surface area (TPSA) is 131 Å². The number of aromatic nitrogens is 3. The van der Waals surface area contributed by atoms with Crippen LogP contribution in [0.4, 0.5) is 23.5 Å². The van der Waals surface area contributed by atoms with Gasteiger partial charge in [-0.3, -0.25) is 0 Å². The van der Waals surface area contributed by atoms with Gasteiger partial charge < -0.3 is 15.9 Å². The highest BCUT2D eigenvalue weighted by atomic mass is 19.4. The number of benzene rings is 1. The molecule has 0 aliphatic rings. The summed E-state index contributed by atoms with van der Waals surface area (Å²) >= 11 is 0. The molecule has 0 unspecified atom stereocenters. The summed E-state index contributed by atoms with van der Waals surface area (Å²) in [7, 11) is 0. The van der Waals surface area contributed by atoms with Crippen molar-refractivity contribution in [2.75, 3.05) is 5.73 Å². The zero-order valence-corrected chi connectivity index (χ0v) is 14.0. The van der Waals surface area contributed by atoms with Gasteiger partial charge in [0.15, 0.2) is 5.65 Å². The number of halogens is 4. The van der Waals surface area contributed by atoms with Crippen molar-refractivity contribution in [1.29, 1.82) is 0 Å². The van der Waals surface area contributed by atoms with Gasteiger partial charge in [-0.2, -0.15) is 18.2 Å². The smallest absolute Gasteiger partial charge is 0.478 e. The predicted molar refractivity (Wildman–Crippen MR) is 88.2 cm³/mol. The lowest BCUT2D eigenvalue weighted by atomic mass is 9.99. The maximum atomic E-state index is 14.1. The van der Waals surface area contributed by atoms with Crippen molar-refractivity contribution in [2.45, 2.75) is 13.1 Å². The Hall–Kier alpha value is -3.70. The Labute approximate surface area is 153 Å². The fourth-order valence-corrected chi connectivity index (χ4v) is 2.19. The number of nitrogen functional groups attached to an aromatic ring is 1. The molecule has 0 radical (unpaired) electrons. The number of nitrogens with two attached hydrogens (primary N) is 1. The van der Waals surface area contributed by atoms with Crippen LogP contribution in [0.25, 0.3) is 16.8 Å². The van der Waals surface area contributed by atoms with Gasteiger partial charge in [0.1, 0.15) is 5.82 Å². The minimum atomic E-state index is -5.08. The van der Waals surface area contributed by atoms with Crippen LogP contribution in [0.5, 0.6) is 0 Å². The Morgan fingerprint density at radius 2 is 1.79 bits per heavy atom. The summed E-state index contributed by atoms with van der Waals surface area (Å²) < 4.78 is 47.3. The van der Waals surface area contributed by atoms with Gasteiger partial charge in [-0.25, -0.2) is 18.5 Å². The predicted octanol–water partition coefficient (Wildman–Crippen LogP) is 2.76. The molecule has 2 aromatic heterocycles. The molecule has 1 aromatic carbocycles. The SMILES string of the molecule is Cc1cc(F)c(-c2ccn3nc(N)nc3c2)cc1C(=O)O.O=C(O)C(F)(F)F. The van der Waals surface area contributed by atoms with Gasteiger partial charge in [0.05, 0.1) is 5.56 Å². The molecule has 0 saturated heterocycles. The number of rotatable bonds is 2. The van der Waals surface area contributed by atoms with Crippen molar-refractivity contribution in [3.8, 4) is 11.1 Å². The molecule has 28 heavy (non-hydrogen) atoms. The summed E-state index contributed by atoms with van der Waals surface area (Å²) in [5, 5.41) is 20.2. The second kappa shape index (κ2) is 7.50. The molecule has 12 heteroatoms. The van der Waals surface area contributed by atoms with Gasteiger partial charge >= 0.3 is 18.1 Å². The van der Waals surface area contributed by atoms with Crippen molar-refractivity contribution < 1.29 is 37.4 Å². The molecule has 0 saturated carbocycles. The van der Waals surface area contributed by atoms with Crippen LogP contribution in [0.15, 0.2) is 30.5 Å². The molecular formula is C16H12F4N4O4. The summed E-state index contributed by atoms with van der Waals surface area (Å²) in [5.74, 6) is -4.23. The molecule has 0 amide bonds. The van der Waals surface area contributed by atoms with Crippen LogP contribution >= 0.6 is 0 Å². The lowest BCUT2D eigenvalue weighted by Gasteiger charge is -2.08. The molecule has 0 fully saturated rings. The van der Waals surface area contributed by atoms with Crippen LogP contribution in [-0.4, -0.2) is 42.9 Å². The van der Waals surface area contributed by atoms with Crippen molar-refractivity contribution in [3.05, 3.63) is 47.4 Å². The molecule has 0 aliphatic carbocycles. The van der Waals surface area contributed by atoms with E-state index in [4.69, 9.17) is 20.7 Å². The number of pyridine rings is 1. The highest BCUT2D eigenvalue weighted by molar-refractivity contribution is 5.91. The number of hydrogen-bond acceptors (Lipinski definition) is 5. The average Bonchev–Trinajstić information content (AvgIpc) is 2.93. The fourth-order valence-electron chi connectivity index (χ4n) is 2.19. The maximum absolute atomic E-state index is 14.1. The van der Waals surface area contributed by atoms with E-state index in [9.17, 15) is 22.4 Å². The third kappa shape index (κ3) is 4.52. The summed E-state index contributed by atoms with van der Waals surface area (Å²) in [6.07, 6.45) is -3.49. The van der Waals surface area contributed by atoms with E-state index in [1.54, 1.807) is 25.3 Å². The van der Waals surface area contributed by atoms with Crippen LogP contribution in [0.3, 0.4) is 0 Å². The summed E-state index contributed by atoms with van der Waals surface area (Å²) in [6, 6.07) is 5.75. The van der Waals surface area contributed by atoms with E-state index in [0.29, 0.717) is 16.8 Å². The van der Waals surface area contributed by atoms with Crippen molar-refractivity contribution >= 4 is 23.5 Å². The summed E-state index contributed by atoms with van der Waals surface area (Å²) in [5.41, 5.74) is 7.10. The number of carbonyl (C=O) groups is 2. The number of aliphatic carboxylic acids is 1. The maximum Gasteiger partial charge on any atom is 0.490 e.